The lowest BCUT2D eigenvalue weighted by Crippen LogP contribution is -2.43. The summed E-state index contributed by atoms with van der Waals surface area (Å²) in [6.45, 7) is 4.06. The van der Waals surface area contributed by atoms with Crippen molar-refractivity contribution in [3.05, 3.63) is 48.2 Å². The number of rotatable bonds is 3. The summed E-state index contributed by atoms with van der Waals surface area (Å²) in [6, 6.07) is 11.3. The second-order valence-electron chi connectivity index (χ2n) is 6.49. The van der Waals surface area contributed by atoms with Crippen molar-refractivity contribution >= 4 is 15.8 Å². The molecule has 0 aliphatic carbocycles. The largest absolute Gasteiger partial charge is 0.481 e. The van der Waals surface area contributed by atoms with Crippen LogP contribution in [0.15, 0.2) is 47.5 Å². The highest BCUT2D eigenvalue weighted by atomic mass is 32.2. The molecule has 2 saturated heterocycles. The van der Waals surface area contributed by atoms with E-state index in [2.05, 4.69) is 21.3 Å². The van der Waals surface area contributed by atoms with Gasteiger partial charge in [0.2, 0.25) is 5.88 Å². The zero-order valence-corrected chi connectivity index (χ0v) is 15.6. The van der Waals surface area contributed by atoms with E-state index in [1.54, 1.807) is 19.2 Å². The lowest BCUT2D eigenvalue weighted by atomic mass is 10.2. The number of ether oxygens (including phenoxy) is 1. The molecular weight excluding hydrogens is 354 g/mol. The highest BCUT2D eigenvalue weighted by Crippen LogP contribution is 2.29. The molecule has 2 aromatic rings. The first-order valence-electron chi connectivity index (χ1n) is 8.41. The third-order valence-electron chi connectivity index (χ3n) is 4.64. The normalized spacial score (nSPS) is 21.3. The summed E-state index contributed by atoms with van der Waals surface area (Å²) in [6.07, 6.45) is 3.17. The molecule has 2 N–H and O–H groups in total. The molecular formula is C18H23N3O4S. The summed E-state index contributed by atoms with van der Waals surface area (Å²) < 4.78 is 34.6. The van der Waals surface area contributed by atoms with Gasteiger partial charge in [0.25, 0.3) is 10.1 Å². The maximum absolute atomic E-state index is 10.5. The quantitative estimate of drug-likeness (QED) is 0.789. The molecule has 2 atom stereocenters. The van der Waals surface area contributed by atoms with Crippen molar-refractivity contribution in [3.63, 3.8) is 0 Å². The first kappa shape index (κ1) is 18.6. The van der Waals surface area contributed by atoms with Gasteiger partial charge in [-0.05, 0) is 31.5 Å². The number of nitrogens with one attached hydrogen (secondary N) is 1. The number of anilines is 1. The Kier molecular flexibility index (Phi) is 5.45. The van der Waals surface area contributed by atoms with Crippen LogP contribution in [0.1, 0.15) is 12.0 Å². The molecule has 2 aliphatic heterocycles. The second kappa shape index (κ2) is 7.61. The zero-order chi connectivity index (χ0) is 18.7. The van der Waals surface area contributed by atoms with Gasteiger partial charge >= 0.3 is 0 Å². The average Bonchev–Trinajstić information content (AvgIpc) is 3.25. The van der Waals surface area contributed by atoms with E-state index in [1.165, 1.54) is 24.2 Å². The molecule has 4 rings (SSSR count). The second-order valence-corrected chi connectivity index (χ2v) is 7.92. The topological polar surface area (TPSA) is 91.8 Å². The van der Waals surface area contributed by atoms with Crippen LogP contribution in [0.3, 0.4) is 0 Å². The summed E-state index contributed by atoms with van der Waals surface area (Å²) in [5, 5.41) is 3.49. The van der Waals surface area contributed by atoms with Crippen LogP contribution in [0.4, 0.5) is 5.69 Å². The average molecular weight is 377 g/mol. The predicted octanol–water partition coefficient (Wildman–Crippen LogP) is 1.88. The Hall–Kier alpha value is -2.16. The van der Waals surface area contributed by atoms with Crippen LogP contribution < -0.4 is 15.0 Å². The lowest BCUT2D eigenvalue weighted by Gasteiger charge is -2.29. The minimum Gasteiger partial charge on any atom is -0.481 e. The van der Waals surface area contributed by atoms with Crippen LogP contribution in [0, 0.1) is 6.92 Å². The molecule has 0 spiro atoms. The van der Waals surface area contributed by atoms with Gasteiger partial charge in [-0.3, -0.25) is 4.55 Å². The molecule has 26 heavy (non-hydrogen) atoms. The lowest BCUT2D eigenvalue weighted by molar-refractivity contribution is 0.398. The molecule has 8 heteroatoms. The molecule has 0 saturated carbocycles. The van der Waals surface area contributed by atoms with Crippen molar-refractivity contribution in [2.75, 3.05) is 25.1 Å². The Balaban J connectivity index is 0.000000160. The van der Waals surface area contributed by atoms with E-state index in [0.29, 0.717) is 18.0 Å². The summed E-state index contributed by atoms with van der Waals surface area (Å²) in [7, 11) is -2.38. The number of aryl methyl sites for hydroxylation is 1. The first-order chi connectivity index (χ1) is 12.4. The Morgan fingerprint density at radius 1 is 1.23 bits per heavy atom. The first-order valence-corrected chi connectivity index (χ1v) is 9.85. The fraction of sp³-hybridized carbons (Fsp3) is 0.389. The van der Waals surface area contributed by atoms with Crippen LogP contribution in [0.2, 0.25) is 0 Å². The Labute approximate surface area is 153 Å². The van der Waals surface area contributed by atoms with E-state index >= 15 is 0 Å². The van der Waals surface area contributed by atoms with Gasteiger partial charge in [0.15, 0.2) is 0 Å². The Bertz CT molecular complexity index is 838. The predicted molar refractivity (Wildman–Crippen MR) is 99.3 cm³/mol. The third-order valence-corrected chi connectivity index (χ3v) is 5.50. The number of pyridine rings is 1. The maximum atomic E-state index is 10.5. The zero-order valence-electron chi connectivity index (χ0n) is 14.8. The Morgan fingerprint density at radius 2 is 1.96 bits per heavy atom. The van der Waals surface area contributed by atoms with Gasteiger partial charge in [-0.2, -0.15) is 8.42 Å². The molecule has 1 aromatic carbocycles. The van der Waals surface area contributed by atoms with E-state index in [1.807, 2.05) is 19.2 Å². The summed E-state index contributed by atoms with van der Waals surface area (Å²) in [5.41, 5.74) is 2.17. The van der Waals surface area contributed by atoms with E-state index in [4.69, 9.17) is 9.29 Å². The molecule has 2 fully saturated rings. The van der Waals surface area contributed by atoms with Crippen LogP contribution in [0.25, 0.3) is 0 Å². The fourth-order valence-corrected chi connectivity index (χ4v) is 3.73. The smallest absolute Gasteiger partial charge is 0.294 e. The number of aromatic nitrogens is 1. The van der Waals surface area contributed by atoms with E-state index < -0.39 is 10.1 Å². The fourth-order valence-electron chi connectivity index (χ4n) is 3.25. The molecule has 2 aliphatic rings. The highest BCUT2D eigenvalue weighted by Gasteiger charge is 2.37. The van der Waals surface area contributed by atoms with E-state index in [9.17, 15) is 8.42 Å². The van der Waals surface area contributed by atoms with Crippen molar-refractivity contribution in [2.45, 2.75) is 30.3 Å². The molecule has 7 nitrogen and oxygen atoms in total. The van der Waals surface area contributed by atoms with Crippen molar-refractivity contribution in [3.8, 4) is 5.88 Å². The number of fused-ring (bicyclic) bond motifs is 2. The minimum atomic E-state index is -4.02. The SMILES string of the molecule is COc1ccc(N2C[C@H]3C[C@@H]2CN3)cn1.Cc1ccc(S(=O)(=O)O)cc1. The van der Waals surface area contributed by atoms with Gasteiger partial charge in [-0.15, -0.1) is 0 Å². The highest BCUT2D eigenvalue weighted by molar-refractivity contribution is 7.85. The van der Waals surface area contributed by atoms with Gasteiger partial charge < -0.3 is 15.0 Å². The number of nitrogens with zero attached hydrogens (tertiary/aromatic N) is 2. The molecule has 2 bridgehead atoms. The van der Waals surface area contributed by atoms with Crippen LogP contribution in [0.5, 0.6) is 5.88 Å². The molecule has 1 aromatic heterocycles. The summed E-state index contributed by atoms with van der Waals surface area (Å²) in [5.74, 6) is 0.682. The monoisotopic (exact) mass is 377 g/mol. The number of piperazine rings is 1. The number of benzene rings is 1. The Morgan fingerprint density at radius 3 is 2.42 bits per heavy atom. The van der Waals surface area contributed by atoms with Gasteiger partial charge in [0, 0.05) is 31.2 Å². The van der Waals surface area contributed by atoms with Crippen LogP contribution in [-0.2, 0) is 10.1 Å². The summed E-state index contributed by atoms with van der Waals surface area (Å²) in [4.78, 5) is 6.61. The molecule has 0 unspecified atom stereocenters. The number of methoxy groups -OCH3 is 1. The van der Waals surface area contributed by atoms with E-state index in [-0.39, 0.29) is 4.90 Å². The van der Waals surface area contributed by atoms with Gasteiger partial charge in [-0.1, -0.05) is 17.7 Å². The minimum absolute atomic E-state index is 0.0666. The van der Waals surface area contributed by atoms with Crippen molar-refractivity contribution in [1.29, 1.82) is 0 Å². The molecule has 140 valence electrons. The molecule has 0 radical (unpaired) electrons. The van der Waals surface area contributed by atoms with Crippen molar-refractivity contribution in [1.82, 2.24) is 10.3 Å². The van der Waals surface area contributed by atoms with Gasteiger partial charge in [-0.25, -0.2) is 4.98 Å². The maximum Gasteiger partial charge on any atom is 0.294 e. The van der Waals surface area contributed by atoms with Gasteiger partial charge in [0.05, 0.1) is 23.9 Å². The van der Waals surface area contributed by atoms with Gasteiger partial charge in [0.1, 0.15) is 0 Å². The summed E-state index contributed by atoms with van der Waals surface area (Å²) >= 11 is 0. The van der Waals surface area contributed by atoms with E-state index in [0.717, 1.165) is 18.7 Å². The molecule has 3 heterocycles. The molecule has 0 amide bonds. The van der Waals surface area contributed by atoms with Crippen molar-refractivity contribution in [2.24, 2.45) is 0 Å². The number of hydrogen-bond donors (Lipinski definition) is 2. The van der Waals surface area contributed by atoms with Crippen LogP contribution in [-0.4, -0.2) is 50.2 Å². The third kappa shape index (κ3) is 4.32. The van der Waals surface area contributed by atoms with Crippen LogP contribution >= 0.6 is 0 Å². The standard InChI is InChI=1S/C11H15N3O.C7H8O3S/c1-15-11-3-2-9(5-13-11)14-7-8-4-10(14)6-12-8;1-6-2-4-7(5-3-6)11(8,9)10/h2-3,5,8,10,12H,4,6-7H2,1H3;2-5H,1H3,(H,8,9,10)/t8-,10-;/m1./s1. The number of hydrogen-bond acceptors (Lipinski definition) is 6. The van der Waals surface area contributed by atoms with Crippen molar-refractivity contribution < 1.29 is 17.7 Å².